The van der Waals surface area contributed by atoms with E-state index >= 15 is 0 Å². The van der Waals surface area contributed by atoms with E-state index in [-0.39, 0.29) is 6.03 Å². The number of amides is 2. The van der Waals surface area contributed by atoms with E-state index in [0.717, 1.165) is 50.5 Å². The molecule has 0 unspecified atom stereocenters. The zero-order chi connectivity index (χ0) is 17.6. The number of rotatable bonds is 5. The number of likely N-dealkylation sites (tertiary alicyclic amines) is 1. The number of carbonyl (C=O) groups is 1. The number of hydrogen-bond donors (Lipinski definition) is 1. The lowest BCUT2D eigenvalue weighted by atomic mass is 9.97. The Balaban J connectivity index is 1.63. The summed E-state index contributed by atoms with van der Waals surface area (Å²) in [6.07, 6.45) is 6.00. The van der Waals surface area contributed by atoms with Crippen LogP contribution in [0.15, 0.2) is 42.7 Å². The fourth-order valence-corrected chi connectivity index (χ4v) is 3.27. The van der Waals surface area contributed by atoms with Crippen LogP contribution in [0.5, 0.6) is 0 Å². The first-order valence-electron chi connectivity index (χ1n) is 8.90. The minimum absolute atomic E-state index is 0.0257. The Labute approximate surface area is 149 Å². The smallest absolute Gasteiger partial charge is 0.321 e. The van der Waals surface area contributed by atoms with Gasteiger partial charge in [0.25, 0.3) is 0 Å². The van der Waals surface area contributed by atoms with E-state index < -0.39 is 0 Å². The second-order valence-corrected chi connectivity index (χ2v) is 6.86. The average molecular weight is 341 g/mol. The quantitative estimate of drug-likeness (QED) is 0.910. The van der Waals surface area contributed by atoms with Gasteiger partial charge in [0.15, 0.2) is 0 Å². The third-order valence-corrected chi connectivity index (χ3v) is 4.63. The molecular formula is C19H27N5O. The number of piperidine rings is 1. The summed E-state index contributed by atoms with van der Waals surface area (Å²) in [6, 6.07) is 9.59. The highest BCUT2D eigenvalue weighted by Crippen LogP contribution is 2.26. The van der Waals surface area contributed by atoms with E-state index in [0.29, 0.717) is 5.92 Å². The molecule has 0 aliphatic carbocycles. The summed E-state index contributed by atoms with van der Waals surface area (Å²) in [5, 5.41) is 2.99. The monoisotopic (exact) mass is 341 g/mol. The summed E-state index contributed by atoms with van der Waals surface area (Å²) < 4.78 is 2.23. The Morgan fingerprint density at radius 3 is 2.88 bits per heavy atom. The Morgan fingerprint density at radius 1 is 1.32 bits per heavy atom. The first kappa shape index (κ1) is 17.5. The number of nitrogens with one attached hydrogen (secondary N) is 1. The van der Waals surface area contributed by atoms with Crippen molar-refractivity contribution in [2.45, 2.75) is 25.3 Å². The van der Waals surface area contributed by atoms with Crippen LogP contribution in [0.25, 0.3) is 0 Å². The summed E-state index contributed by atoms with van der Waals surface area (Å²) in [5.41, 5.74) is 0.835. The van der Waals surface area contributed by atoms with Gasteiger partial charge in [-0.25, -0.2) is 9.78 Å². The lowest BCUT2D eigenvalue weighted by Gasteiger charge is -2.32. The molecule has 1 fully saturated rings. The molecule has 6 heteroatoms. The van der Waals surface area contributed by atoms with Gasteiger partial charge in [0, 0.05) is 50.2 Å². The molecule has 1 aromatic carbocycles. The van der Waals surface area contributed by atoms with Gasteiger partial charge in [0.1, 0.15) is 5.82 Å². The molecule has 2 amide bonds. The number of likely N-dealkylation sites (N-methyl/N-ethyl adjacent to an activating group) is 1. The predicted molar refractivity (Wildman–Crippen MR) is 99.8 cm³/mol. The maximum absolute atomic E-state index is 12.6. The van der Waals surface area contributed by atoms with Crippen LogP contribution in [0, 0.1) is 0 Å². The third kappa shape index (κ3) is 4.60. The topological polar surface area (TPSA) is 53.4 Å². The third-order valence-electron chi connectivity index (χ3n) is 4.63. The van der Waals surface area contributed by atoms with Gasteiger partial charge in [-0.15, -0.1) is 0 Å². The standard InChI is InChI=1S/C19H27N5O/c1-22(2)13-14-23-12-10-20-18(23)16-7-6-11-24(15-16)19(25)21-17-8-4-3-5-9-17/h3-5,8-10,12,16H,6-7,11,13-15H2,1-2H3,(H,21,25)/t16-/m0/s1. The van der Waals surface area contributed by atoms with Crippen molar-refractivity contribution in [3.05, 3.63) is 48.5 Å². The number of para-hydroxylation sites is 1. The van der Waals surface area contributed by atoms with Crippen molar-refractivity contribution in [2.75, 3.05) is 39.0 Å². The van der Waals surface area contributed by atoms with Crippen molar-refractivity contribution in [2.24, 2.45) is 0 Å². The van der Waals surface area contributed by atoms with E-state index in [1.807, 2.05) is 47.6 Å². The summed E-state index contributed by atoms with van der Waals surface area (Å²) in [5.74, 6) is 1.39. The molecule has 6 nitrogen and oxygen atoms in total. The van der Waals surface area contributed by atoms with Crippen molar-refractivity contribution in [1.82, 2.24) is 19.4 Å². The normalized spacial score (nSPS) is 17.7. The van der Waals surface area contributed by atoms with Gasteiger partial charge in [0.2, 0.25) is 0 Å². The van der Waals surface area contributed by atoms with Gasteiger partial charge in [-0.1, -0.05) is 18.2 Å². The highest BCUT2D eigenvalue weighted by Gasteiger charge is 2.27. The molecule has 0 radical (unpaired) electrons. The summed E-state index contributed by atoms with van der Waals surface area (Å²) >= 11 is 0. The number of nitrogens with zero attached hydrogens (tertiary/aromatic N) is 4. The molecule has 0 saturated carbocycles. The molecule has 0 bridgehead atoms. The van der Waals surface area contributed by atoms with Crippen LogP contribution in [0.4, 0.5) is 10.5 Å². The zero-order valence-corrected chi connectivity index (χ0v) is 15.1. The molecule has 1 aliphatic heterocycles. The van der Waals surface area contributed by atoms with Gasteiger partial charge < -0.3 is 19.7 Å². The second-order valence-electron chi connectivity index (χ2n) is 6.86. The van der Waals surface area contributed by atoms with Gasteiger partial charge in [-0.3, -0.25) is 0 Å². The number of hydrogen-bond acceptors (Lipinski definition) is 3. The Bertz CT molecular complexity index is 682. The zero-order valence-electron chi connectivity index (χ0n) is 15.1. The molecular weight excluding hydrogens is 314 g/mol. The van der Waals surface area contributed by atoms with E-state index in [9.17, 15) is 4.79 Å². The van der Waals surface area contributed by atoms with Gasteiger partial charge in [-0.2, -0.15) is 0 Å². The number of urea groups is 1. The highest BCUT2D eigenvalue weighted by atomic mass is 16.2. The van der Waals surface area contributed by atoms with Crippen LogP contribution >= 0.6 is 0 Å². The molecule has 1 aliphatic rings. The predicted octanol–water partition coefficient (Wildman–Crippen LogP) is 2.86. The molecule has 1 saturated heterocycles. The second kappa shape index (κ2) is 8.16. The van der Waals surface area contributed by atoms with Gasteiger partial charge >= 0.3 is 6.03 Å². The average Bonchev–Trinajstić information content (AvgIpc) is 3.09. The number of anilines is 1. The van der Waals surface area contributed by atoms with Crippen LogP contribution in [-0.4, -0.2) is 59.1 Å². The van der Waals surface area contributed by atoms with E-state index in [1.54, 1.807) is 0 Å². The Kier molecular flexibility index (Phi) is 5.71. The number of imidazole rings is 1. The molecule has 1 N–H and O–H groups in total. The number of aromatic nitrogens is 2. The van der Waals surface area contributed by atoms with Gasteiger partial charge in [0.05, 0.1) is 0 Å². The summed E-state index contributed by atoms with van der Waals surface area (Å²) in [7, 11) is 4.15. The molecule has 1 aromatic heterocycles. The van der Waals surface area contributed by atoms with E-state index in [1.165, 1.54) is 0 Å². The Morgan fingerprint density at radius 2 is 2.12 bits per heavy atom. The van der Waals surface area contributed by atoms with Gasteiger partial charge in [-0.05, 0) is 39.1 Å². The molecule has 134 valence electrons. The summed E-state index contributed by atoms with van der Waals surface area (Å²) in [4.78, 5) is 21.2. The van der Waals surface area contributed by atoms with Crippen molar-refractivity contribution < 1.29 is 4.79 Å². The minimum Gasteiger partial charge on any atom is -0.333 e. The van der Waals surface area contributed by atoms with E-state index in [4.69, 9.17) is 0 Å². The fraction of sp³-hybridized carbons (Fsp3) is 0.474. The molecule has 2 aromatic rings. The molecule has 2 heterocycles. The number of benzene rings is 1. The highest BCUT2D eigenvalue weighted by molar-refractivity contribution is 5.89. The van der Waals surface area contributed by atoms with Crippen molar-refractivity contribution >= 4 is 11.7 Å². The summed E-state index contributed by atoms with van der Waals surface area (Å²) in [6.45, 7) is 3.43. The molecule has 25 heavy (non-hydrogen) atoms. The van der Waals surface area contributed by atoms with Crippen molar-refractivity contribution in [3.8, 4) is 0 Å². The van der Waals surface area contributed by atoms with Crippen molar-refractivity contribution in [1.29, 1.82) is 0 Å². The molecule has 0 spiro atoms. The SMILES string of the molecule is CN(C)CCn1ccnc1[C@H]1CCCN(C(=O)Nc2ccccc2)C1. The number of carbonyl (C=O) groups excluding carboxylic acids is 1. The lowest BCUT2D eigenvalue weighted by molar-refractivity contribution is 0.190. The largest absolute Gasteiger partial charge is 0.333 e. The molecule has 1 atom stereocenters. The Hall–Kier alpha value is -2.34. The van der Waals surface area contributed by atoms with Crippen LogP contribution < -0.4 is 5.32 Å². The van der Waals surface area contributed by atoms with Crippen LogP contribution in [0.3, 0.4) is 0 Å². The van der Waals surface area contributed by atoms with Crippen LogP contribution in [0.2, 0.25) is 0 Å². The van der Waals surface area contributed by atoms with E-state index in [2.05, 4.69) is 33.9 Å². The van der Waals surface area contributed by atoms with Crippen LogP contribution in [0.1, 0.15) is 24.6 Å². The minimum atomic E-state index is -0.0257. The lowest BCUT2D eigenvalue weighted by Crippen LogP contribution is -2.42. The fourth-order valence-electron chi connectivity index (χ4n) is 3.27. The first-order chi connectivity index (χ1) is 12.1. The van der Waals surface area contributed by atoms with Crippen LogP contribution in [-0.2, 0) is 6.54 Å². The van der Waals surface area contributed by atoms with Crippen molar-refractivity contribution in [3.63, 3.8) is 0 Å². The first-order valence-corrected chi connectivity index (χ1v) is 8.90. The molecule has 3 rings (SSSR count). The maximum Gasteiger partial charge on any atom is 0.321 e. The maximum atomic E-state index is 12.6.